The maximum atomic E-state index is 10.1. The Morgan fingerprint density at radius 3 is 2.00 bits per heavy atom. The van der Waals surface area contributed by atoms with Crippen molar-refractivity contribution in [3.8, 4) is 34.5 Å². The standard InChI is InChI=1S/C19H21NO3.C18H21NO3.CH4O/c1-22-15-3-4-16-12(7-15)5-6-20-11-14-10-19(23-2)18(21)9-13(14)8-17(16)20;1-21-14-4-5-15-13(11-14)7-8-19-16(15)9-12-3-6-18(22-2)17(20)10-12;1-2/h3-4,7,9-10,17,21H,5-6,8,11H2,1-2H3;3-6,10-11,16,19-20H,7-9H2,1-2H3;2H,1H3. The molecule has 0 aliphatic carbocycles. The summed E-state index contributed by atoms with van der Waals surface area (Å²) in [6.07, 6.45) is 3.81. The molecule has 0 spiro atoms. The zero-order chi connectivity index (χ0) is 33.5. The largest absolute Gasteiger partial charge is 0.504 e. The highest BCUT2D eigenvalue weighted by Gasteiger charge is 2.32. The quantitative estimate of drug-likeness (QED) is 0.216. The minimum absolute atomic E-state index is 0.186. The summed E-state index contributed by atoms with van der Waals surface area (Å²) >= 11 is 0. The monoisotopic (exact) mass is 642 g/mol. The van der Waals surface area contributed by atoms with Crippen LogP contribution in [0, 0.1) is 0 Å². The summed E-state index contributed by atoms with van der Waals surface area (Å²) in [5.74, 6) is 3.31. The van der Waals surface area contributed by atoms with Gasteiger partial charge in [0, 0.05) is 32.3 Å². The Morgan fingerprint density at radius 1 is 0.681 bits per heavy atom. The SMILES string of the molecule is CO.COc1ccc2c(c1)CCN1Cc3cc(OC)c(O)cc3CC21.COc1ccc2c(c1)CCNC2Cc1ccc(OC)c(O)c1. The predicted octanol–water partition coefficient (Wildman–Crippen LogP) is 5.51. The van der Waals surface area contributed by atoms with Crippen LogP contribution >= 0.6 is 0 Å². The van der Waals surface area contributed by atoms with Crippen molar-refractivity contribution in [2.45, 2.75) is 44.3 Å². The van der Waals surface area contributed by atoms with Gasteiger partial charge in [-0.25, -0.2) is 0 Å². The summed E-state index contributed by atoms with van der Waals surface area (Å²) in [6, 6.07) is 22.7. The number of aliphatic hydroxyl groups excluding tert-OH is 1. The molecule has 9 nitrogen and oxygen atoms in total. The second-order valence-corrected chi connectivity index (χ2v) is 11.8. The summed E-state index contributed by atoms with van der Waals surface area (Å²) in [4.78, 5) is 2.52. The van der Waals surface area contributed by atoms with E-state index in [9.17, 15) is 10.2 Å². The third-order valence-corrected chi connectivity index (χ3v) is 9.30. The van der Waals surface area contributed by atoms with E-state index in [1.165, 1.54) is 33.4 Å². The van der Waals surface area contributed by atoms with Gasteiger partial charge in [0.1, 0.15) is 11.5 Å². The third kappa shape index (κ3) is 7.43. The van der Waals surface area contributed by atoms with Crippen LogP contribution in [0.25, 0.3) is 0 Å². The number of nitrogens with zero attached hydrogens (tertiary/aromatic N) is 1. The van der Waals surface area contributed by atoms with Crippen molar-refractivity contribution in [1.29, 1.82) is 0 Å². The number of ether oxygens (including phenoxy) is 4. The number of nitrogens with one attached hydrogen (secondary N) is 1. The number of phenolic OH excluding ortho intramolecular Hbond substituents is 2. The van der Waals surface area contributed by atoms with E-state index in [1.54, 1.807) is 34.5 Å². The molecule has 4 aromatic rings. The number of hydrogen-bond acceptors (Lipinski definition) is 9. The molecule has 4 N–H and O–H groups in total. The van der Waals surface area contributed by atoms with Crippen molar-refractivity contribution < 1.29 is 34.3 Å². The normalized spacial score (nSPS) is 17.6. The van der Waals surface area contributed by atoms with E-state index in [-0.39, 0.29) is 17.5 Å². The van der Waals surface area contributed by atoms with Crippen molar-refractivity contribution in [1.82, 2.24) is 10.2 Å². The van der Waals surface area contributed by atoms with E-state index in [4.69, 9.17) is 24.1 Å². The molecule has 4 aromatic carbocycles. The van der Waals surface area contributed by atoms with Gasteiger partial charge in [0.05, 0.1) is 28.4 Å². The molecule has 47 heavy (non-hydrogen) atoms. The topological polar surface area (TPSA) is 113 Å². The van der Waals surface area contributed by atoms with Gasteiger partial charge in [0.15, 0.2) is 23.0 Å². The van der Waals surface area contributed by atoms with Gasteiger partial charge in [-0.2, -0.15) is 0 Å². The van der Waals surface area contributed by atoms with Crippen LogP contribution in [0.1, 0.15) is 51.0 Å². The zero-order valence-corrected chi connectivity index (χ0v) is 27.9. The summed E-state index contributed by atoms with van der Waals surface area (Å²) in [5, 5.41) is 30.5. The van der Waals surface area contributed by atoms with E-state index in [1.807, 2.05) is 36.4 Å². The first-order valence-corrected chi connectivity index (χ1v) is 15.9. The Morgan fingerprint density at radius 2 is 1.34 bits per heavy atom. The highest BCUT2D eigenvalue weighted by atomic mass is 16.5. The molecule has 7 rings (SSSR count). The predicted molar refractivity (Wildman–Crippen MR) is 182 cm³/mol. The summed E-state index contributed by atoms with van der Waals surface area (Å²) in [7, 11) is 7.56. The summed E-state index contributed by atoms with van der Waals surface area (Å²) in [6.45, 7) is 2.91. The van der Waals surface area contributed by atoms with E-state index >= 15 is 0 Å². The first kappa shape index (κ1) is 33.9. The van der Waals surface area contributed by atoms with Gasteiger partial charge in [-0.15, -0.1) is 0 Å². The second-order valence-electron chi connectivity index (χ2n) is 11.8. The van der Waals surface area contributed by atoms with Crippen molar-refractivity contribution in [3.63, 3.8) is 0 Å². The lowest BCUT2D eigenvalue weighted by Gasteiger charge is -2.41. The molecule has 0 amide bonds. The van der Waals surface area contributed by atoms with Crippen molar-refractivity contribution in [3.05, 3.63) is 106 Å². The number of rotatable bonds is 6. The fraction of sp³-hybridized carbons (Fsp3) is 0.368. The second kappa shape index (κ2) is 15.4. The van der Waals surface area contributed by atoms with Gasteiger partial charge in [-0.1, -0.05) is 18.2 Å². The lowest BCUT2D eigenvalue weighted by Crippen LogP contribution is -2.39. The molecular weight excluding hydrogens is 596 g/mol. The molecule has 0 radical (unpaired) electrons. The van der Waals surface area contributed by atoms with Crippen LogP contribution in [0.15, 0.2) is 66.7 Å². The van der Waals surface area contributed by atoms with Gasteiger partial charge in [0.2, 0.25) is 0 Å². The maximum Gasteiger partial charge on any atom is 0.160 e. The highest BCUT2D eigenvalue weighted by Crippen LogP contribution is 2.42. The molecule has 9 heteroatoms. The van der Waals surface area contributed by atoms with Crippen LogP contribution in [-0.4, -0.2) is 68.9 Å². The minimum Gasteiger partial charge on any atom is -0.504 e. The number of benzene rings is 4. The molecule has 0 aromatic heterocycles. The average Bonchev–Trinajstić information content (AvgIpc) is 3.11. The van der Waals surface area contributed by atoms with Gasteiger partial charge in [-0.3, -0.25) is 4.90 Å². The van der Waals surface area contributed by atoms with Crippen molar-refractivity contribution >= 4 is 0 Å². The number of aromatic hydroxyl groups is 2. The zero-order valence-electron chi connectivity index (χ0n) is 27.9. The molecule has 3 aliphatic heterocycles. The average molecular weight is 643 g/mol. The van der Waals surface area contributed by atoms with Gasteiger partial charge in [0.25, 0.3) is 0 Å². The van der Waals surface area contributed by atoms with Crippen LogP contribution in [0.5, 0.6) is 34.5 Å². The summed E-state index contributed by atoms with van der Waals surface area (Å²) < 4.78 is 21.0. The molecule has 0 fully saturated rings. The maximum absolute atomic E-state index is 10.1. The Labute approximate surface area is 277 Å². The first-order chi connectivity index (χ1) is 22.9. The van der Waals surface area contributed by atoms with Crippen molar-refractivity contribution in [2.24, 2.45) is 0 Å². The van der Waals surface area contributed by atoms with E-state index in [2.05, 4.69) is 34.5 Å². The van der Waals surface area contributed by atoms with E-state index in [0.29, 0.717) is 17.5 Å². The number of methoxy groups -OCH3 is 4. The molecule has 2 atom stereocenters. The number of aliphatic hydroxyl groups is 1. The number of phenols is 2. The molecule has 2 unspecified atom stereocenters. The fourth-order valence-electron chi connectivity index (χ4n) is 6.91. The van der Waals surface area contributed by atoms with Crippen LogP contribution < -0.4 is 24.3 Å². The Kier molecular flexibility index (Phi) is 11.1. The molecule has 0 saturated heterocycles. The molecule has 0 saturated carbocycles. The third-order valence-electron chi connectivity index (χ3n) is 9.30. The first-order valence-electron chi connectivity index (χ1n) is 15.9. The Bertz CT molecular complexity index is 1670. The smallest absolute Gasteiger partial charge is 0.160 e. The Balaban J connectivity index is 0.000000176. The van der Waals surface area contributed by atoms with Gasteiger partial charge >= 0.3 is 0 Å². The number of fused-ring (bicyclic) bond motifs is 5. The molecule has 3 heterocycles. The van der Waals surface area contributed by atoms with Crippen LogP contribution in [-0.2, 0) is 32.2 Å². The Hall–Kier alpha value is -4.44. The molecule has 3 aliphatic rings. The van der Waals surface area contributed by atoms with Crippen molar-refractivity contribution in [2.75, 3.05) is 48.6 Å². The van der Waals surface area contributed by atoms with Crippen LogP contribution in [0.2, 0.25) is 0 Å². The van der Waals surface area contributed by atoms with Crippen LogP contribution in [0.4, 0.5) is 0 Å². The highest BCUT2D eigenvalue weighted by molar-refractivity contribution is 5.50. The van der Waals surface area contributed by atoms with Gasteiger partial charge in [-0.05, 0) is 120 Å². The summed E-state index contributed by atoms with van der Waals surface area (Å²) in [5.41, 5.74) is 8.97. The lowest BCUT2D eigenvalue weighted by atomic mass is 9.84. The number of hydrogen-bond donors (Lipinski definition) is 4. The van der Waals surface area contributed by atoms with Gasteiger partial charge < -0.3 is 39.6 Å². The molecule has 250 valence electrons. The van der Waals surface area contributed by atoms with E-state index in [0.717, 1.165) is 69.5 Å². The molecular formula is C38H46N2O7. The minimum atomic E-state index is 0.186. The fourth-order valence-corrected chi connectivity index (χ4v) is 6.91. The van der Waals surface area contributed by atoms with Crippen LogP contribution in [0.3, 0.4) is 0 Å². The molecule has 0 bridgehead atoms. The lowest BCUT2D eigenvalue weighted by molar-refractivity contribution is 0.160. The van der Waals surface area contributed by atoms with E-state index < -0.39 is 0 Å².